The Bertz CT molecular complexity index is 988. The van der Waals surface area contributed by atoms with Crippen molar-refractivity contribution in [3.63, 3.8) is 0 Å². The van der Waals surface area contributed by atoms with Gasteiger partial charge >= 0.3 is 5.97 Å². The fourth-order valence-corrected chi connectivity index (χ4v) is 4.46. The van der Waals surface area contributed by atoms with E-state index >= 15 is 0 Å². The van der Waals surface area contributed by atoms with Crippen molar-refractivity contribution in [2.75, 3.05) is 5.75 Å². The minimum absolute atomic E-state index is 0.0902. The molecule has 3 rings (SSSR count). The molecule has 0 bridgehead atoms. The molecule has 0 fully saturated rings. The molecule has 3 N–H and O–H groups in total. The van der Waals surface area contributed by atoms with Gasteiger partial charge in [-0.3, -0.25) is 4.79 Å². The summed E-state index contributed by atoms with van der Waals surface area (Å²) in [6, 6.07) is 9.45. The quantitative estimate of drug-likeness (QED) is 0.496. The molecule has 0 amide bonds. The fraction of sp³-hybridized carbons (Fsp3) is 0.211. The normalized spacial score (nSPS) is 14.3. The first-order chi connectivity index (χ1) is 13.8. The second-order valence-electron chi connectivity index (χ2n) is 6.31. The summed E-state index contributed by atoms with van der Waals surface area (Å²) >= 11 is 7.26. The van der Waals surface area contributed by atoms with Gasteiger partial charge in [-0.15, -0.1) is 11.8 Å². The summed E-state index contributed by atoms with van der Waals surface area (Å²) in [5, 5.41) is 34.3. The van der Waals surface area contributed by atoms with Crippen LogP contribution in [0.4, 0.5) is 4.39 Å². The van der Waals surface area contributed by atoms with Crippen molar-refractivity contribution in [1.82, 2.24) is 14.8 Å². The first kappa shape index (κ1) is 21.1. The van der Waals surface area contributed by atoms with E-state index in [-0.39, 0.29) is 23.1 Å². The van der Waals surface area contributed by atoms with Crippen molar-refractivity contribution >= 4 is 29.3 Å². The fourth-order valence-electron chi connectivity index (χ4n) is 3.00. The number of aliphatic hydroxyl groups is 1. The molecule has 1 aromatic heterocycles. The number of aliphatic carboxylic acids is 1. The van der Waals surface area contributed by atoms with Crippen molar-refractivity contribution in [2.45, 2.75) is 17.4 Å². The van der Waals surface area contributed by atoms with Gasteiger partial charge in [0.1, 0.15) is 29.8 Å². The molecule has 152 valence electrons. The van der Waals surface area contributed by atoms with Gasteiger partial charge in [0.25, 0.3) is 0 Å². The number of carboxylic acids is 1. The number of phenolic OH excluding ortho intramolecular Hbond substituents is 1. The van der Waals surface area contributed by atoms with Crippen LogP contribution in [0.2, 0.25) is 5.02 Å². The van der Waals surface area contributed by atoms with E-state index in [2.05, 4.69) is 10.1 Å². The van der Waals surface area contributed by atoms with E-state index in [4.69, 9.17) is 11.6 Å². The highest BCUT2D eigenvalue weighted by molar-refractivity contribution is 8.00. The van der Waals surface area contributed by atoms with Crippen molar-refractivity contribution in [3.8, 4) is 5.75 Å². The summed E-state index contributed by atoms with van der Waals surface area (Å²) in [5.41, 5.74) is -1.08. The van der Waals surface area contributed by atoms with Crippen molar-refractivity contribution in [1.29, 1.82) is 0 Å². The molecular weight excluding hydrogens is 421 g/mol. The summed E-state index contributed by atoms with van der Waals surface area (Å²) in [6.07, 6.45) is 2.70. The molecule has 0 aliphatic carbocycles. The van der Waals surface area contributed by atoms with Crippen LogP contribution in [-0.4, -0.2) is 41.8 Å². The van der Waals surface area contributed by atoms with E-state index < -0.39 is 22.6 Å². The minimum Gasteiger partial charge on any atom is -0.508 e. The Morgan fingerprint density at radius 2 is 2.00 bits per heavy atom. The van der Waals surface area contributed by atoms with Crippen LogP contribution in [-0.2, 0) is 16.9 Å². The van der Waals surface area contributed by atoms with Gasteiger partial charge in [0, 0.05) is 5.02 Å². The van der Waals surface area contributed by atoms with Gasteiger partial charge in [0.05, 0.1) is 17.5 Å². The highest BCUT2D eigenvalue weighted by Gasteiger charge is 2.42. The number of aromatic nitrogens is 3. The van der Waals surface area contributed by atoms with Gasteiger partial charge < -0.3 is 15.3 Å². The van der Waals surface area contributed by atoms with Crippen LogP contribution in [0, 0.1) is 5.82 Å². The molecule has 0 saturated carbocycles. The Labute approximate surface area is 174 Å². The zero-order valence-electron chi connectivity index (χ0n) is 14.9. The molecule has 0 saturated heterocycles. The number of aromatic hydroxyl groups is 1. The monoisotopic (exact) mass is 437 g/mol. The molecule has 1 heterocycles. The van der Waals surface area contributed by atoms with E-state index in [1.807, 2.05) is 0 Å². The Kier molecular flexibility index (Phi) is 6.41. The lowest BCUT2D eigenvalue weighted by atomic mass is 9.86. The topological polar surface area (TPSA) is 108 Å². The van der Waals surface area contributed by atoms with Crippen molar-refractivity contribution in [3.05, 3.63) is 77.1 Å². The standard InChI is InChI=1S/C19H17ClFN3O4S/c20-16-6-5-14(25)7-15(16)18(29-8-17(26)27)19(28,9-24-11-22-10-23-24)12-1-3-13(21)4-2-12/h1-7,10-11,18,25,28H,8-9H2,(H,26,27). The van der Waals surface area contributed by atoms with Crippen molar-refractivity contribution in [2.24, 2.45) is 0 Å². The van der Waals surface area contributed by atoms with E-state index in [9.17, 15) is 24.5 Å². The third-order valence-electron chi connectivity index (χ3n) is 4.28. The molecule has 2 unspecified atom stereocenters. The molecule has 2 aromatic carbocycles. The maximum Gasteiger partial charge on any atom is 0.313 e. The van der Waals surface area contributed by atoms with Crippen LogP contribution >= 0.6 is 23.4 Å². The number of nitrogens with zero attached hydrogens (tertiary/aromatic N) is 3. The third kappa shape index (κ3) is 4.87. The number of phenols is 1. The number of carbonyl (C=O) groups is 1. The van der Waals surface area contributed by atoms with Gasteiger partial charge in [-0.25, -0.2) is 14.1 Å². The lowest BCUT2D eigenvalue weighted by Gasteiger charge is -2.37. The van der Waals surface area contributed by atoms with Crippen LogP contribution in [0.5, 0.6) is 5.75 Å². The number of halogens is 2. The van der Waals surface area contributed by atoms with E-state index in [0.29, 0.717) is 11.1 Å². The van der Waals surface area contributed by atoms with E-state index in [0.717, 1.165) is 11.8 Å². The second-order valence-corrected chi connectivity index (χ2v) is 7.82. The zero-order valence-corrected chi connectivity index (χ0v) is 16.5. The van der Waals surface area contributed by atoms with Gasteiger partial charge in [0.15, 0.2) is 0 Å². The highest BCUT2D eigenvalue weighted by Crippen LogP contribution is 2.48. The van der Waals surface area contributed by atoms with E-state index in [1.54, 1.807) is 0 Å². The average Bonchev–Trinajstić information content (AvgIpc) is 3.17. The number of hydrogen-bond acceptors (Lipinski definition) is 6. The molecule has 0 aliphatic rings. The first-order valence-electron chi connectivity index (χ1n) is 8.42. The molecule has 3 aromatic rings. The molecular formula is C19H17ClFN3O4S. The van der Waals surface area contributed by atoms with Crippen molar-refractivity contribution < 1.29 is 24.5 Å². The molecule has 0 aliphatic heterocycles. The van der Waals surface area contributed by atoms with Gasteiger partial charge in [-0.05, 0) is 41.5 Å². The maximum absolute atomic E-state index is 13.5. The number of thioether (sulfide) groups is 1. The van der Waals surface area contributed by atoms with Crippen LogP contribution in [0.15, 0.2) is 55.1 Å². The Morgan fingerprint density at radius 1 is 1.28 bits per heavy atom. The maximum atomic E-state index is 13.5. The number of rotatable bonds is 8. The summed E-state index contributed by atoms with van der Waals surface area (Å²) in [4.78, 5) is 15.1. The van der Waals surface area contributed by atoms with Gasteiger partial charge in [-0.2, -0.15) is 5.10 Å². The van der Waals surface area contributed by atoms with Gasteiger partial charge in [-0.1, -0.05) is 23.7 Å². The summed E-state index contributed by atoms with van der Waals surface area (Å²) in [7, 11) is 0. The Balaban J connectivity index is 2.16. The molecule has 7 nitrogen and oxygen atoms in total. The summed E-state index contributed by atoms with van der Waals surface area (Å²) in [5.74, 6) is -2.00. The molecule has 2 atom stereocenters. The Morgan fingerprint density at radius 3 is 2.62 bits per heavy atom. The smallest absolute Gasteiger partial charge is 0.313 e. The van der Waals surface area contributed by atoms with Crippen LogP contribution in [0.1, 0.15) is 16.4 Å². The number of hydrogen-bond donors (Lipinski definition) is 3. The third-order valence-corrected chi connectivity index (χ3v) is 6.02. The molecule has 0 radical (unpaired) electrons. The summed E-state index contributed by atoms with van der Waals surface area (Å²) < 4.78 is 14.9. The van der Waals surface area contributed by atoms with Crippen LogP contribution < -0.4 is 0 Å². The number of carboxylic acid groups (broad SMARTS) is 1. The van der Waals surface area contributed by atoms with Crippen LogP contribution in [0.3, 0.4) is 0 Å². The predicted octanol–water partition coefficient (Wildman–Crippen LogP) is 3.22. The van der Waals surface area contributed by atoms with Gasteiger partial charge in [0.2, 0.25) is 0 Å². The SMILES string of the molecule is O=C(O)CSC(c1cc(O)ccc1Cl)C(O)(Cn1cncn1)c1ccc(F)cc1. The minimum atomic E-state index is -1.75. The highest BCUT2D eigenvalue weighted by atomic mass is 35.5. The average molecular weight is 438 g/mol. The molecule has 29 heavy (non-hydrogen) atoms. The van der Waals surface area contributed by atoms with E-state index in [1.165, 1.54) is 59.8 Å². The Hall–Kier alpha value is -2.62. The second kappa shape index (κ2) is 8.81. The lowest BCUT2D eigenvalue weighted by molar-refractivity contribution is -0.133. The zero-order chi connectivity index (χ0) is 21.0. The van der Waals surface area contributed by atoms with Crippen LogP contribution in [0.25, 0.3) is 0 Å². The molecule has 10 heteroatoms. The lowest BCUT2D eigenvalue weighted by Crippen LogP contribution is -2.37. The molecule has 0 spiro atoms. The number of benzene rings is 2. The first-order valence-corrected chi connectivity index (χ1v) is 9.85. The summed E-state index contributed by atoms with van der Waals surface area (Å²) in [6.45, 7) is -0.109. The predicted molar refractivity (Wildman–Crippen MR) is 106 cm³/mol. The largest absolute Gasteiger partial charge is 0.508 e.